The van der Waals surface area contributed by atoms with Crippen molar-refractivity contribution in [2.75, 3.05) is 13.2 Å². The Labute approximate surface area is 58.4 Å². The topological polar surface area (TPSA) is 58.0 Å². The summed E-state index contributed by atoms with van der Waals surface area (Å²) in [5.74, 6) is 0. The highest BCUT2D eigenvalue weighted by atomic mass is 32.1. The molecule has 0 aliphatic rings. The van der Waals surface area contributed by atoms with Gasteiger partial charge in [0.15, 0.2) is 5.05 Å². The Morgan fingerprint density at radius 2 is 2.56 bits per heavy atom. The van der Waals surface area contributed by atoms with Crippen molar-refractivity contribution in [3.8, 4) is 0 Å². The fourth-order valence-electron chi connectivity index (χ4n) is 0.296. The van der Waals surface area contributed by atoms with Gasteiger partial charge in [-0.25, -0.2) is 0 Å². The predicted molar refractivity (Wildman–Crippen MR) is 38.2 cm³/mol. The van der Waals surface area contributed by atoms with Crippen LogP contribution in [0.4, 0.5) is 0 Å². The molecule has 0 fully saturated rings. The predicted octanol–water partition coefficient (Wildman–Crippen LogP) is 1.66. The first-order valence-corrected chi connectivity index (χ1v) is 2.88. The molecule has 0 rings (SSSR count). The lowest BCUT2D eigenvalue weighted by molar-refractivity contribution is 0.331. The van der Waals surface area contributed by atoms with E-state index in [2.05, 4.69) is 22.2 Å². The van der Waals surface area contributed by atoms with Crippen LogP contribution in [0.1, 0.15) is 6.92 Å². The lowest BCUT2D eigenvalue weighted by Gasteiger charge is -1.97. The Kier molecular flexibility index (Phi) is 4.86. The zero-order valence-corrected chi connectivity index (χ0v) is 5.89. The second kappa shape index (κ2) is 5.34. The van der Waals surface area contributed by atoms with Crippen molar-refractivity contribution in [2.45, 2.75) is 6.92 Å². The van der Waals surface area contributed by atoms with Gasteiger partial charge in [0.2, 0.25) is 0 Å². The van der Waals surface area contributed by atoms with Gasteiger partial charge in [0.05, 0.1) is 13.2 Å². The SMILES string of the molecule is CCOC(=S)CN=[N+]=[N-]. The van der Waals surface area contributed by atoms with Gasteiger partial charge >= 0.3 is 0 Å². The molecule has 0 unspecified atom stereocenters. The minimum Gasteiger partial charge on any atom is -0.487 e. The lowest BCUT2D eigenvalue weighted by Crippen LogP contribution is -2.03. The van der Waals surface area contributed by atoms with Crippen LogP contribution in [0.25, 0.3) is 10.4 Å². The number of hydrogen-bond acceptors (Lipinski definition) is 3. The molecule has 0 aromatic rings. The number of hydrogen-bond donors (Lipinski definition) is 0. The van der Waals surface area contributed by atoms with Crippen LogP contribution in [0.3, 0.4) is 0 Å². The van der Waals surface area contributed by atoms with Gasteiger partial charge in [-0.15, -0.1) is 0 Å². The second-order valence-electron chi connectivity index (χ2n) is 1.19. The largest absolute Gasteiger partial charge is 0.487 e. The smallest absolute Gasteiger partial charge is 0.165 e. The minimum atomic E-state index is 0.152. The Hall–Kier alpha value is -0.800. The third kappa shape index (κ3) is 5.06. The normalized spacial score (nSPS) is 7.67. The summed E-state index contributed by atoms with van der Waals surface area (Å²) in [5, 5.41) is 3.55. The summed E-state index contributed by atoms with van der Waals surface area (Å²) in [7, 11) is 0. The summed E-state index contributed by atoms with van der Waals surface area (Å²) in [6.45, 7) is 2.50. The van der Waals surface area contributed by atoms with Crippen molar-refractivity contribution in [3.05, 3.63) is 10.4 Å². The molecule has 9 heavy (non-hydrogen) atoms. The number of rotatable bonds is 3. The molecule has 0 aromatic carbocycles. The molecule has 0 N–H and O–H groups in total. The molecule has 0 bridgehead atoms. The zero-order chi connectivity index (χ0) is 7.11. The zero-order valence-electron chi connectivity index (χ0n) is 5.07. The van der Waals surface area contributed by atoms with Gasteiger partial charge in [0.1, 0.15) is 0 Å². The van der Waals surface area contributed by atoms with E-state index in [4.69, 9.17) is 10.3 Å². The van der Waals surface area contributed by atoms with E-state index in [1.54, 1.807) is 0 Å². The fourth-order valence-corrected chi connectivity index (χ4v) is 0.472. The molecule has 50 valence electrons. The standard InChI is InChI=1S/C4H7N3OS/c1-2-8-4(9)3-6-7-5/h2-3H2,1H3. The van der Waals surface area contributed by atoms with Crippen LogP contribution in [-0.4, -0.2) is 18.2 Å². The van der Waals surface area contributed by atoms with E-state index in [0.717, 1.165) is 0 Å². The van der Waals surface area contributed by atoms with Crippen molar-refractivity contribution < 1.29 is 4.74 Å². The maximum atomic E-state index is 7.83. The molecule has 4 nitrogen and oxygen atoms in total. The molecule has 0 spiro atoms. The lowest BCUT2D eigenvalue weighted by atomic mass is 10.7. The van der Waals surface area contributed by atoms with Crippen LogP contribution in [0.15, 0.2) is 5.11 Å². The summed E-state index contributed by atoms with van der Waals surface area (Å²) in [6.07, 6.45) is 0. The van der Waals surface area contributed by atoms with Crippen LogP contribution < -0.4 is 0 Å². The number of thiocarbonyl (C=S) groups is 1. The highest BCUT2D eigenvalue weighted by Crippen LogP contribution is 1.82. The average molecular weight is 145 g/mol. The Balaban J connectivity index is 3.38. The van der Waals surface area contributed by atoms with Crippen LogP contribution in [0.5, 0.6) is 0 Å². The van der Waals surface area contributed by atoms with E-state index in [9.17, 15) is 0 Å². The Morgan fingerprint density at radius 1 is 1.89 bits per heavy atom. The quantitative estimate of drug-likeness (QED) is 0.262. The maximum Gasteiger partial charge on any atom is 0.165 e. The monoisotopic (exact) mass is 145 g/mol. The first-order valence-electron chi connectivity index (χ1n) is 2.47. The summed E-state index contributed by atoms with van der Waals surface area (Å²) >= 11 is 4.63. The van der Waals surface area contributed by atoms with Crippen molar-refractivity contribution in [2.24, 2.45) is 5.11 Å². The van der Waals surface area contributed by atoms with E-state index in [1.165, 1.54) is 0 Å². The fraction of sp³-hybridized carbons (Fsp3) is 0.750. The molecule has 0 saturated carbocycles. The van der Waals surface area contributed by atoms with Crippen molar-refractivity contribution in [1.29, 1.82) is 0 Å². The van der Waals surface area contributed by atoms with E-state index >= 15 is 0 Å². The number of azide groups is 1. The molecule has 0 radical (unpaired) electrons. The molecule has 0 saturated heterocycles. The molecule has 0 aliphatic heterocycles. The summed E-state index contributed by atoms with van der Waals surface area (Å²) in [4.78, 5) is 2.52. The van der Waals surface area contributed by atoms with E-state index in [-0.39, 0.29) is 6.54 Å². The minimum absolute atomic E-state index is 0.152. The van der Waals surface area contributed by atoms with E-state index < -0.39 is 0 Å². The van der Waals surface area contributed by atoms with Gasteiger partial charge in [-0.1, -0.05) is 5.11 Å². The van der Waals surface area contributed by atoms with Gasteiger partial charge < -0.3 is 4.74 Å². The third-order valence-corrected chi connectivity index (χ3v) is 0.815. The van der Waals surface area contributed by atoms with E-state index in [0.29, 0.717) is 11.7 Å². The number of ether oxygens (including phenoxy) is 1. The van der Waals surface area contributed by atoms with Gasteiger partial charge in [0.25, 0.3) is 0 Å². The van der Waals surface area contributed by atoms with Crippen LogP contribution in [0.2, 0.25) is 0 Å². The number of nitrogens with zero attached hydrogens (tertiary/aromatic N) is 3. The second-order valence-corrected chi connectivity index (χ2v) is 1.65. The molecule has 5 heteroatoms. The molecular weight excluding hydrogens is 138 g/mol. The Bertz CT molecular complexity index is 141. The first-order chi connectivity index (χ1) is 4.31. The molecular formula is C4H7N3OS. The highest BCUT2D eigenvalue weighted by Gasteiger charge is 1.89. The third-order valence-electron chi connectivity index (χ3n) is 0.568. The van der Waals surface area contributed by atoms with Crippen LogP contribution in [-0.2, 0) is 4.74 Å². The molecule has 0 heterocycles. The summed E-state index contributed by atoms with van der Waals surface area (Å²) < 4.78 is 4.81. The first kappa shape index (κ1) is 8.20. The van der Waals surface area contributed by atoms with Gasteiger partial charge in [-0.2, -0.15) is 0 Å². The molecule has 0 amide bonds. The van der Waals surface area contributed by atoms with Gasteiger partial charge in [-0.3, -0.25) is 0 Å². The van der Waals surface area contributed by atoms with Gasteiger partial charge in [0, 0.05) is 4.91 Å². The molecule has 0 aliphatic carbocycles. The summed E-state index contributed by atoms with van der Waals surface area (Å²) in [5.41, 5.74) is 7.83. The van der Waals surface area contributed by atoms with Gasteiger partial charge in [-0.05, 0) is 24.7 Å². The molecule has 0 atom stereocenters. The molecule has 0 aromatic heterocycles. The van der Waals surface area contributed by atoms with Crippen molar-refractivity contribution in [1.82, 2.24) is 0 Å². The Morgan fingerprint density at radius 3 is 3.00 bits per heavy atom. The van der Waals surface area contributed by atoms with E-state index in [1.807, 2.05) is 6.92 Å². The van der Waals surface area contributed by atoms with Crippen molar-refractivity contribution >= 4 is 17.3 Å². The van der Waals surface area contributed by atoms with Crippen molar-refractivity contribution in [3.63, 3.8) is 0 Å². The average Bonchev–Trinajstić information content (AvgIpc) is 1.85. The van der Waals surface area contributed by atoms with Crippen LogP contribution in [0, 0.1) is 0 Å². The van der Waals surface area contributed by atoms with Crippen LogP contribution >= 0.6 is 12.2 Å². The summed E-state index contributed by atoms with van der Waals surface area (Å²) in [6, 6.07) is 0. The highest BCUT2D eigenvalue weighted by molar-refractivity contribution is 7.80. The maximum absolute atomic E-state index is 7.83.